The van der Waals surface area contributed by atoms with Crippen molar-refractivity contribution in [1.29, 1.82) is 0 Å². The van der Waals surface area contributed by atoms with E-state index < -0.39 is 0 Å². The lowest BCUT2D eigenvalue weighted by atomic mass is 10.1. The van der Waals surface area contributed by atoms with Crippen molar-refractivity contribution in [1.82, 2.24) is 0 Å². The van der Waals surface area contributed by atoms with E-state index in [1.165, 1.54) is 11.1 Å². The lowest BCUT2D eigenvalue weighted by Gasteiger charge is -2.28. The largest absolute Gasteiger partial charge is 0.460 e. The molecule has 28 heavy (non-hydrogen) atoms. The molecule has 0 aromatic heterocycles. The van der Waals surface area contributed by atoms with E-state index in [2.05, 4.69) is 64.5 Å². The van der Waals surface area contributed by atoms with Gasteiger partial charge in [-0.15, -0.1) is 0 Å². The molecule has 0 fully saturated rings. The zero-order valence-electron chi connectivity index (χ0n) is 15.4. The minimum absolute atomic E-state index is 0.350. The Hall–Kier alpha value is -2.01. The Morgan fingerprint density at radius 2 is 1.75 bits per heavy atom. The Labute approximate surface area is 178 Å². The molecule has 142 valence electrons. The van der Waals surface area contributed by atoms with Crippen molar-refractivity contribution in [3.05, 3.63) is 106 Å². The number of hydrogen-bond donors (Lipinski definition) is 0. The molecule has 4 heteroatoms. The van der Waals surface area contributed by atoms with Crippen molar-refractivity contribution in [2.24, 2.45) is 0 Å². The average Bonchev–Trinajstić information content (AvgIpc) is 2.74. The van der Waals surface area contributed by atoms with Gasteiger partial charge in [-0.05, 0) is 17.7 Å². The zero-order valence-corrected chi connectivity index (χ0v) is 17.8. The molecule has 3 aromatic rings. The maximum Gasteiger partial charge on any atom is 0.227 e. The highest BCUT2D eigenvalue weighted by molar-refractivity contribution is 9.10. The molecule has 1 aliphatic heterocycles. The third-order valence-corrected chi connectivity index (χ3v) is 5.88. The van der Waals surface area contributed by atoms with Crippen LogP contribution in [0.25, 0.3) is 6.08 Å². The first kappa shape index (κ1) is 19.3. The van der Waals surface area contributed by atoms with Crippen molar-refractivity contribution in [2.75, 3.05) is 5.75 Å². The van der Waals surface area contributed by atoms with E-state index in [1.54, 1.807) is 0 Å². The molecule has 0 radical (unpaired) electrons. The zero-order chi connectivity index (χ0) is 19.2. The van der Waals surface area contributed by atoms with Gasteiger partial charge in [0.15, 0.2) is 0 Å². The average molecular weight is 453 g/mol. The molecule has 0 amide bonds. The monoisotopic (exact) mass is 452 g/mol. The summed E-state index contributed by atoms with van der Waals surface area (Å²) in [4.78, 5) is 0. The summed E-state index contributed by atoms with van der Waals surface area (Å²) in [7, 11) is 0. The number of benzene rings is 3. The van der Waals surface area contributed by atoms with E-state index in [0.717, 1.165) is 32.9 Å². The first-order valence-corrected chi connectivity index (χ1v) is 11.2. The van der Waals surface area contributed by atoms with Crippen LogP contribution in [0.3, 0.4) is 0 Å². The van der Waals surface area contributed by atoms with Gasteiger partial charge in [-0.2, -0.15) is 11.8 Å². The van der Waals surface area contributed by atoms with Crippen LogP contribution in [0.15, 0.2) is 83.3 Å². The molecule has 0 saturated heterocycles. The molecule has 3 aromatic carbocycles. The maximum atomic E-state index is 6.26. The topological polar surface area (TPSA) is 18.5 Å². The van der Waals surface area contributed by atoms with Gasteiger partial charge >= 0.3 is 0 Å². The number of hydrogen-bond acceptors (Lipinski definition) is 3. The lowest BCUT2D eigenvalue weighted by Crippen LogP contribution is -2.19. The van der Waals surface area contributed by atoms with Gasteiger partial charge in [0.05, 0.1) is 6.61 Å². The molecule has 0 bridgehead atoms. The summed E-state index contributed by atoms with van der Waals surface area (Å²) in [5.41, 5.74) is 4.57. The fourth-order valence-corrected chi connectivity index (χ4v) is 4.48. The molecule has 1 aliphatic rings. The fourth-order valence-electron chi connectivity index (χ4n) is 3.14. The van der Waals surface area contributed by atoms with Crippen molar-refractivity contribution in [3.8, 4) is 5.75 Å². The number of halogens is 1. The van der Waals surface area contributed by atoms with Crippen LogP contribution in [0.2, 0.25) is 0 Å². The first-order valence-electron chi connectivity index (χ1n) is 9.23. The van der Waals surface area contributed by atoms with Gasteiger partial charge in [0.2, 0.25) is 6.29 Å². The number of ether oxygens (including phenoxy) is 2. The van der Waals surface area contributed by atoms with Crippen LogP contribution in [0, 0.1) is 0 Å². The summed E-state index contributed by atoms with van der Waals surface area (Å²) >= 11 is 5.50. The van der Waals surface area contributed by atoms with Crippen LogP contribution < -0.4 is 4.74 Å². The summed E-state index contributed by atoms with van der Waals surface area (Å²) in [6, 6.07) is 24.7. The maximum absolute atomic E-state index is 6.26. The Bertz CT molecular complexity index is 942. The normalized spacial score (nSPS) is 16.0. The van der Waals surface area contributed by atoms with Crippen molar-refractivity contribution < 1.29 is 9.47 Å². The molecule has 1 atom stereocenters. The van der Waals surface area contributed by atoms with Crippen molar-refractivity contribution in [3.63, 3.8) is 0 Å². The van der Waals surface area contributed by atoms with Crippen LogP contribution in [0.1, 0.15) is 28.5 Å². The van der Waals surface area contributed by atoms with E-state index in [0.29, 0.717) is 6.61 Å². The minimum atomic E-state index is -0.350. The van der Waals surface area contributed by atoms with Crippen LogP contribution >= 0.6 is 27.7 Å². The molecule has 1 heterocycles. The second-order valence-corrected chi connectivity index (χ2v) is 8.50. The first-order chi connectivity index (χ1) is 13.8. The van der Waals surface area contributed by atoms with Gasteiger partial charge in [-0.3, -0.25) is 0 Å². The molecule has 0 N–H and O–H groups in total. The SMILES string of the molecule is Brc1cc2c(c(CSC/C=C/c3ccccc3)c1)O[C@@H](c1ccccc1)OC2. The summed E-state index contributed by atoms with van der Waals surface area (Å²) in [5.74, 6) is 2.81. The summed E-state index contributed by atoms with van der Waals surface area (Å²) < 4.78 is 13.2. The molecule has 0 spiro atoms. The summed E-state index contributed by atoms with van der Waals surface area (Å²) in [6.07, 6.45) is 4.02. The quantitative estimate of drug-likeness (QED) is 0.374. The highest BCUT2D eigenvalue weighted by Crippen LogP contribution is 2.39. The highest BCUT2D eigenvalue weighted by Gasteiger charge is 2.24. The number of fused-ring (bicyclic) bond motifs is 1. The predicted octanol–water partition coefficient (Wildman–Crippen LogP) is 7.00. The van der Waals surface area contributed by atoms with E-state index in [-0.39, 0.29) is 6.29 Å². The number of rotatable bonds is 6. The predicted molar refractivity (Wildman–Crippen MR) is 120 cm³/mol. The third kappa shape index (κ3) is 4.88. The van der Waals surface area contributed by atoms with Crippen LogP contribution in [0.5, 0.6) is 5.75 Å². The number of thioether (sulfide) groups is 1. The Morgan fingerprint density at radius 3 is 2.54 bits per heavy atom. The van der Waals surface area contributed by atoms with E-state index in [9.17, 15) is 0 Å². The van der Waals surface area contributed by atoms with Crippen LogP contribution in [0.4, 0.5) is 0 Å². The van der Waals surface area contributed by atoms with Gasteiger partial charge in [0, 0.05) is 32.7 Å². The Morgan fingerprint density at radius 1 is 1.00 bits per heavy atom. The second-order valence-electron chi connectivity index (χ2n) is 6.55. The molecule has 0 aliphatic carbocycles. The minimum Gasteiger partial charge on any atom is -0.460 e. The fraction of sp³-hybridized carbons (Fsp3) is 0.167. The van der Waals surface area contributed by atoms with Crippen molar-refractivity contribution in [2.45, 2.75) is 18.6 Å². The van der Waals surface area contributed by atoms with Gasteiger partial charge in [0.1, 0.15) is 5.75 Å². The standard InChI is InChI=1S/C24H21BrO2S/c25-22-14-20-16-26-24(19-11-5-2-6-12-19)27-23(20)21(15-22)17-28-13-7-10-18-8-3-1-4-9-18/h1-12,14-15,24H,13,16-17H2/b10-7+/t24-/m0/s1. The molecular formula is C24H21BrO2S. The smallest absolute Gasteiger partial charge is 0.227 e. The second kappa shape index (κ2) is 9.46. The lowest BCUT2D eigenvalue weighted by molar-refractivity contribution is -0.111. The molecular weight excluding hydrogens is 432 g/mol. The third-order valence-electron chi connectivity index (χ3n) is 4.48. The van der Waals surface area contributed by atoms with Gasteiger partial charge in [-0.1, -0.05) is 88.7 Å². The summed E-state index contributed by atoms with van der Waals surface area (Å²) in [5, 5.41) is 0. The van der Waals surface area contributed by atoms with E-state index >= 15 is 0 Å². The highest BCUT2D eigenvalue weighted by atomic mass is 79.9. The Kier molecular flexibility index (Phi) is 6.53. The van der Waals surface area contributed by atoms with Crippen LogP contribution in [-0.4, -0.2) is 5.75 Å². The van der Waals surface area contributed by atoms with E-state index in [4.69, 9.17) is 9.47 Å². The van der Waals surface area contributed by atoms with Gasteiger partial charge in [0.25, 0.3) is 0 Å². The molecule has 2 nitrogen and oxygen atoms in total. The summed E-state index contributed by atoms with van der Waals surface area (Å²) in [6.45, 7) is 0.555. The molecule has 0 saturated carbocycles. The Balaban J connectivity index is 1.43. The van der Waals surface area contributed by atoms with Crippen LogP contribution in [-0.2, 0) is 17.1 Å². The van der Waals surface area contributed by atoms with Crippen molar-refractivity contribution >= 4 is 33.8 Å². The molecule has 4 rings (SSSR count). The van der Waals surface area contributed by atoms with Gasteiger partial charge < -0.3 is 9.47 Å². The van der Waals surface area contributed by atoms with E-state index in [1.807, 2.05) is 48.2 Å². The molecule has 0 unspecified atom stereocenters. The van der Waals surface area contributed by atoms with Gasteiger partial charge in [-0.25, -0.2) is 0 Å².